The van der Waals surface area contributed by atoms with E-state index in [1.54, 1.807) is 0 Å². The second kappa shape index (κ2) is 7.12. The average Bonchev–Trinajstić information content (AvgIpc) is 2.78. The Morgan fingerprint density at radius 1 is 1.24 bits per heavy atom. The average molecular weight is 254 g/mol. The van der Waals surface area contributed by atoms with Gasteiger partial charge in [-0.1, -0.05) is 47.5 Å². The maximum atomic E-state index is 4.80. The third-order valence-electron chi connectivity index (χ3n) is 3.34. The van der Waals surface area contributed by atoms with Crippen LogP contribution in [0.15, 0.2) is 5.38 Å². The van der Waals surface area contributed by atoms with Gasteiger partial charge in [-0.15, -0.1) is 11.3 Å². The van der Waals surface area contributed by atoms with E-state index in [4.69, 9.17) is 4.98 Å². The first-order valence-corrected chi connectivity index (χ1v) is 7.70. The summed E-state index contributed by atoms with van der Waals surface area (Å²) in [6.07, 6.45) is 2.43. The highest BCUT2D eigenvalue weighted by Gasteiger charge is 2.22. The van der Waals surface area contributed by atoms with Crippen molar-refractivity contribution in [2.45, 2.75) is 59.4 Å². The fourth-order valence-electron chi connectivity index (χ4n) is 2.14. The van der Waals surface area contributed by atoms with Crippen molar-refractivity contribution in [2.24, 2.45) is 5.92 Å². The number of rotatable bonds is 7. The molecule has 0 aliphatic rings. The summed E-state index contributed by atoms with van der Waals surface area (Å²) in [5.74, 6) is 1.23. The van der Waals surface area contributed by atoms with Crippen LogP contribution in [0.5, 0.6) is 0 Å². The van der Waals surface area contributed by atoms with Crippen molar-refractivity contribution in [3.8, 4) is 0 Å². The predicted octanol–water partition coefficient (Wildman–Crippen LogP) is 4.35. The highest BCUT2D eigenvalue weighted by atomic mass is 32.1. The topological polar surface area (TPSA) is 24.9 Å². The van der Waals surface area contributed by atoms with Crippen molar-refractivity contribution in [1.29, 1.82) is 0 Å². The number of aromatic nitrogens is 1. The summed E-state index contributed by atoms with van der Waals surface area (Å²) in [4.78, 5) is 4.80. The van der Waals surface area contributed by atoms with Gasteiger partial charge in [0.15, 0.2) is 0 Å². The lowest BCUT2D eigenvalue weighted by molar-refractivity contribution is 0.345. The Morgan fingerprint density at radius 2 is 1.88 bits per heavy atom. The Bertz CT molecular complexity index is 316. The van der Waals surface area contributed by atoms with Crippen LogP contribution in [0.25, 0.3) is 0 Å². The van der Waals surface area contributed by atoms with Crippen LogP contribution < -0.4 is 5.32 Å². The Labute approximate surface area is 110 Å². The SMILES string of the molecule is CCNC(c1nc(C(C)C)cs1)C(CC)CC. The fraction of sp³-hybridized carbons (Fsp3) is 0.786. The maximum absolute atomic E-state index is 4.80. The van der Waals surface area contributed by atoms with Crippen molar-refractivity contribution in [3.05, 3.63) is 16.1 Å². The first-order valence-electron chi connectivity index (χ1n) is 6.82. The van der Waals surface area contributed by atoms with Crippen molar-refractivity contribution in [2.75, 3.05) is 6.54 Å². The molecule has 1 atom stereocenters. The van der Waals surface area contributed by atoms with Gasteiger partial charge in [0.2, 0.25) is 0 Å². The second-order valence-corrected chi connectivity index (χ2v) is 5.77. The summed E-state index contributed by atoms with van der Waals surface area (Å²) in [6, 6.07) is 0.438. The standard InChI is InChI=1S/C14H26N2S/c1-6-11(7-2)13(15-8-3)14-16-12(9-17-14)10(4)5/h9-11,13,15H,6-8H2,1-5H3. The number of thiazole rings is 1. The summed E-state index contributed by atoms with van der Waals surface area (Å²) >= 11 is 1.81. The van der Waals surface area contributed by atoms with Crippen molar-refractivity contribution < 1.29 is 0 Å². The van der Waals surface area contributed by atoms with E-state index in [0.717, 1.165) is 6.54 Å². The number of hydrogen-bond donors (Lipinski definition) is 1. The molecule has 0 aliphatic carbocycles. The van der Waals surface area contributed by atoms with Crippen molar-refractivity contribution in [1.82, 2.24) is 10.3 Å². The zero-order chi connectivity index (χ0) is 12.8. The van der Waals surface area contributed by atoms with E-state index < -0.39 is 0 Å². The summed E-state index contributed by atoms with van der Waals surface area (Å²) in [5.41, 5.74) is 1.24. The Kier molecular flexibility index (Phi) is 6.14. The van der Waals surface area contributed by atoms with Crippen LogP contribution in [-0.4, -0.2) is 11.5 Å². The molecule has 0 radical (unpaired) electrons. The van der Waals surface area contributed by atoms with Crippen LogP contribution in [0.3, 0.4) is 0 Å². The molecule has 0 aromatic carbocycles. The first kappa shape index (κ1) is 14.7. The molecular formula is C14H26N2S. The van der Waals surface area contributed by atoms with E-state index in [2.05, 4.69) is 45.3 Å². The van der Waals surface area contributed by atoms with Crippen LogP contribution in [0.4, 0.5) is 0 Å². The van der Waals surface area contributed by atoms with Gasteiger partial charge < -0.3 is 5.32 Å². The van der Waals surface area contributed by atoms with Gasteiger partial charge >= 0.3 is 0 Å². The molecule has 1 heterocycles. The molecule has 0 bridgehead atoms. The van der Waals surface area contributed by atoms with Crippen LogP contribution in [0, 0.1) is 5.92 Å². The molecule has 0 saturated heterocycles. The minimum atomic E-state index is 0.438. The van der Waals surface area contributed by atoms with Crippen LogP contribution in [0.2, 0.25) is 0 Å². The van der Waals surface area contributed by atoms with Crippen LogP contribution >= 0.6 is 11.3 Å². The summed E-state index contributed by atoms with van der Waals surface area (Å²) in [5, 5.41) is 7.08. The number of nitrogens with zero attached hydrogens (tertiary/aromatic N) is 1. The maximum Gasteiger partial charge on any atom is 0.110 e. The van der Waals surface area contributed by atoms with Gasteiger partial charge in [0, 0.05) is 5.38 Å². The quantitative estimate of drug-likeness (QED) is 0.782. The smallest absolute Gasteiger partial charge is 0.110 e. The minimum absolute atomic E-state index is 0.438. The fourth-order valence-corrected chi connectivity index (χ4v) is 3.29. The summed E-state index contributed by atoms with van der Waals surface area (Å²) < 4.78 is 0. The number of nitrogens with one attached hydrogen (secondary N) is 1. The van der Waals surface area contributed by atoms with Gasteiger partial charge in [0.05, 0.1) is 11.7 Å². The van der Waals surface area contributed by atoms with Gasteiger partial charge in [0.1, 0.15) is 5.01 Å². The molecule has 98 valence electrons. The third kappa shape index (κ3) is 3.78. The van der Waals surface area contributed by atoms with Gasteiger partial charge in [-0.2, -0.15) is 0 Å². The Morgan fingerprint density at radius 3 is 2.29 bits per heavy atom. The van der Waals surface area contributed by atoms with Gasteiger partial charge in [-0.05, 0) is 18.4 Å². The van der Waals surface area contributed by atoms with E-state index in [0.29, 0.717) is 17.9 Å². The summed E-state index contributed by atoms with van der Waals surface area (Å²) in [6.45, 7) is 12.1. The third-order valence-corrected chi connectivity index (χ3v) is 4.29. The molecule has 1 rings (SSSR count). The minimum Gasteiger partial charge on any atom is -0.308 e. The summed E-state index contributed by atoms with van der Waals surface area (Å²) in [7, 11) is 0. The molecule has 1 aromatic rings. The number of hydrogen-bond acceptors (Lipinski definition) is 3. The van der Waals surface area contributed by atoms with E-state index in [9.17, 15) is 0 Å². The van der Waals surface area contributed by atoms with Crippen molar-refractivity contribution >= 4 is 11.3 Å². The van der Waals surface area contributed by atoms with Crippen LogP contribution in [-0.2, 0) is 0 Å². The molecule has 2 nitrogen and oxygen atoms in total. The lowest BCUT2D eigenvalue weighted by Crippen LogP contribution is -2.27. The van der Waals surface area contributed by atoms with Gasteiger partial charge in [-0.3, -0.25) is 0 Å². The van der Waals surface area contributed by atoms with Gasteiger partial charge in [-0.25, -0.2) is 4.98 Å². The van der Waals surface area contributed by atoms with Crippen LogP contribution in [0.1, 0.15) is 70.1 Å². The molecule has 1 N–H and O–H groups in total. The molecule has 0 aliphatic heterocycles. The lowest BCUT2D eigenvalue weighted by atomic mass is 9.94. The molecule has 0 amide bonds. The molecule has 3 heteroatoms. The molecule has 17 heavy (non-hydrogen) atoms. The zero-order valence-corrected chi connectivity index (χ0v) is 12.6. The van der Waals surface area contributed by atoms with E-state index in [1.807, 2.05) is 11.3 Å². The highest BCUT2D eigenvalue weighted by Crippen LogP contribution is 2.30. The Hall–Kier alpha value is -0.410. The Balaban J connectivity index is 2.88. The highest BCUT2D eigenvalue weighted by molar-refractivity contribution is 7.09. The normalized spacial score (nSPS) is 13.6. The molecule has 1 aromatic heterocycles. The molecule has 0 spiro atoms. The van der Waals surface area contributed by atoms with E-state index in [1.165, 1.54) is 23.5 Å². The second-order valence-electron chi connectivity index (χ2n) is 4.88. The van der Waals surface area contributed by atoms with E-state index in [-0.39, 0.29) is 0 Å². The zero-order valence-electron chi connectivity index (χ0n) is 11.8. The molecular weight excluding hydrogens is 228 g/mol. The molecule has 0 saturated carbocycles. The molecule has 0 fully saturated rings. The largest absolute Gasteiger partial charge is 0.308 e. The van der Waals surface area contributed by atoms with E-state index >= 15 is 0 Å². The lowest BCUT2D eigenvalue weighted by Gasteiger charge is -2.24. The molecule has 1 unspecified atom stereocenters. The van der Waals surface area contributed by atoms with Crippen molar-refractivity contribution in [3.63, 3.8) is 0 Å². The monoisotopic (exact) mass is 254 g/mol. The predicted molar refractivity (Wildman–Crippen MR) is 76.7 cm³/mol. The van der Waals surface area contributed by atoms with Gasteiger partial charge in [0.25, 0.3) is 0 Å². The first-order chi connectivity index (χ1) is 8.13.